The number of H-pyrrole nitrogens is 1. The molecule has 27 heavy (non-hydrogen) atoms. The lowest BCUT2D eigenvalue weighted by Crippen LogP contribution is -2.65. The molecule has 1 N–H and O–H groups in total. The zero-order chi connectivity index (χ0) is 20.2. The van der Waals surface area contributed by atoms with E-state index in [0.29, 0.717) is 25.2 Å². The van der Waals surface area contributed by atoms with Crippen molar-refractivity contribution < 1.29 is 14.2 Å². The summed E-state index contributed by atoms with van der Waals surface area (Å²) in [6.07, 6.45) is 2.08. The Morgan fingerprint density at radius 2 is 1.89 bits per heavy atom. The molecule has 0 spiro atoms. The topological polar surface area (TPSA) is 82.6 Å². The van der Waals surface area contributed by atoms with Crippen LogP contribution >= 0.6 is 0 Å². The summed E-state index contributed by atoms with van der Waals surface area (Å²) in [5.41, 5.74) is -1.35. The van der Waals surface area contributed by atoms with E-state index >= 15 is 0 Å². The first-order chi connectivity index (χ1) is 12.3. The van der Waals surface area contributed by atoms with Crippen LogP contribution in [0.3, 0.4) is 0 Å². The first kappa shape index (κ1) is 20.3. The van der Waals surface area contributed by atoms with Gasteiger partial charge in [0.1, 0.15) is 11.7 Å². The highest BCUT2D eigenvalue weighted by molar-refractivity contribution is 5.15. The third kappa shape index (κ3) is 3.91. The Hall–Kier alpha value is -1.44. The largest absolute Gasteiger partial charge is 0.375 e. The van der Waals surface area contributed by atoms with E-state index in [2.05, 4.69) is 4.98 Å². The van der Waals surface area contributed by atoms with E-state index in [4.69, 9.17) is 14.2 Å². The fourth-order valence-electron chi connectivity index (χ4n) is 4.14. The van der Waals surface area contributed by atoms with Crippen molar-refractivity contribution in [3.63, 3.8) is 0 Å². The molecule has 2 fully saturated rings. The molecule has 7 nitrogen and oxygen atoms in total. The molecule has 1 aromatic heterocycles. The second kappa shape index (κ2) is 6.57. The van der Waals surface area contributed by atoms with Gasteiger partial charge in [0.2, 0.25) is 0 Å². The standard InChI is InChI=1S/C20H32N2O5/c1-12-9-22(17(24)21-16(12)23)14-8-13(10-26-18(2,3)4)20(11-25-15(14)20)27-19(5,6)7/h9,13-15H,8,10-11H2,1-7H3,(H,21,23,24)/t13-,14-,15-,20-/m1/s1. The number of hydrogen-bond donors (Lipinski definition) is 1. The quantitative estimate of drug-likeness (QED) is 0.866. The Labute approximate surface area is 160 Å². The van der Waals surface area contributed by atoms with Crippen LogP contribution in [0, 0.1) is 12.8 Å². The fraction of sp³-hybridized carbons (Fsp3) is 0.800. The van der Waals surface area contributed by atoms with Crippen LogP contribution in [-0.4, -0.2) is 45.7 Å². The van der Waals surface area contributed by atoms with E-state index in [9.17, 15) is 9.59 Å². The van der Waals surface area contributed by atoms with Crippen LogP contribution in [0.2, 0.25) is 0 Å². The van der Waals surface area contributed by atoms with Crippen LogP contribution in [-0.2, 0) is 14.2 Å². The van der Waals surface area contributed by atoms with E-state index in [-0.39, 0.29) is 34.8 Å². The Morgan fingerprint density at radius 3 is 2.41 bits per heavy atom. The Kier molecular flexibility index (Phi) is 4.94. The van der Waals surface area contributed by atoms with E-state index in [1.54, 1.807) is 17.7 Å². The summed E-state index contributed by atoms with van der Waals surface area (Å²) in [5, 5.41) is 0. The lowest BCUT2D eigenvalue weighted by atomic mass is 9.85. The molecule has 2 aliphatic rings. The van der Waals surface area contributed by atoms with Gasteiger partial charge >= 0.3 is 5.69 Å². The van der Waals surface area contributed by atoms with Gasteiger partial charge in [-0.2, -0.15) is 0 Å². The number of hydrogen-bond acceptors (Lipinski definition) is 5. The van der Waals surface area contributed by atoms with Crippen LogP contribution < -0.4 is 11.2 Å². The molecule has 7 heteroatoms. The molecule has 0 radical (unpaired) electrons. The van der Waals surface area contributed by atoms with Crippen molar-refractivity contribution in [2.24, 2.45) is 5.92 Å². The minimum absolute atomic E-state index is 0.0961. The van der Waals surface area contributed by atoms with Gasteiger partial charge in [-0.1, -0.05) is 0 Å². The average Bonchev–Trinajstić information content (AvgIpc) is 2.67. The van der Waals surface area contributed by atoms with Gasteiger partial charge in [0.15, 0.2) is 0 Å². The monoisotopic (exact) mass is 380 g/mol. The van der Waals surface area contributed by atoms with E-state index in [0.717, 1.165) is 0 Å². The van der Waals surface area contributed by atoms with Gasteiger partial charge in [-0.05, 0) is 54.9 Å². The summed E-state index contributed by atoms with van der Waals surface area (Å²) in [5.74, 6) is 0.0961. The molecule has 0 amide bonds. The van der Waals surface area contributed by atoms with Gasteiger partial charge < -0.3 is 14.2 Å². The number of nitrogens with one attached hydrogen (secondary N) is 1. The van der Waals surface area contributed by atoms with E-state index in [1.807, 2.05) is 41.5 Å². The molecule has 2 heterocycles. The number of rotatable bonds is 4. The highest BCUT2D eigenvalue weighted by atomic mass is 16.6. The zero-order valence-electron chi connectivity index (χ0n) is 17.4. The molecule has 1 saturated heterocycles. The van der Waals surface area contributed by atoms with Gasteiger partial charge in [0.05, 0.1) is 30.5 Å². The van der Waals surface area contributed by atoms with Crippen molar-refractivity contribution in [2.45, 2.75) is 83.8 Å². The molecular weight excluding hydrogens is 348 g/mol. The molecule has 3 rings (SSSR count). The highest BCUT2D eigenvalue weighted by Crippen LogP contribution is 2.54. The maximum atomic E-state index is 12.4. The van der Waals surface area contributed by atoms with Crippen molar-refractivity contribution in [1.82, 2.24) is 9.55 Å². The van der Waals surface area contributed by atoms with Crippen molar-refractivity contribution in [3.05, 3.63) is 32.6 Å². The molecule has 4 atom stereocenters. The van der Waals surface area contributed by atoms with Crippen LogP contribution in [0.1, 0.15) is 59.6 Å². The van der Waals surface area contributed by atoms with Gasteiger partial charge in [0.25, 0.3) is 5.56 Å². The van der Waals surface area contributed by atoms with Crippen LogP contribution in [0.25, 0.3) is 0 Å². The second-order valence-corrected chi connectivity index (χ2v) is 9.80. The first-order valence-corrected chi connectivity index (χ1v) is 9.60. The van der Waals surface area contributed by atoms with E-state index in [1.165, 1.54) is 0 Å². The average molecular weight is 380 g/mol. The molecule has 1 aliphatic heterocycles. The molecule has 1 saturated carbocycles. The second-order valence-electron chi connectivity index (χ2n) is 9.80. The Morgan fingerprint density at radius 1 is 1.22 bits per heavy atom. The molecule has 152 valence electrons. The summed E-state index contributed by atoms with van der Waals surface area (Å²) >= 11 is 0. The number of fused-ring (bicyclic) bond motifs is 1. The summed E-state index contributed by atoms with van der Waals surface area (Å²) < 4.78 is 20.1. The van der Waals surface area contributed by atoms with Crippen molar-refractivity contribution >= 4 is 0 Å². The van der Waals surface area contributed by atoms with Crippen molar-refractivity contribution in [2.75, 3.05) is 13.2 Å². The summed E-state index contributed by atoms with van der Waals surface area (Å²) in [6, 6.07) is -0.197. The highest BCUT2D eigenvalue weighted by Gasteiger charge is 2.65. The van der Waals surface area contributed by atoms with Crippen LogP contribution in [0.15, 0.2) is 15.8 Å². The number of aryl methyl sites for hydroxylation is 1. The van der Waals surface area contributed by atoms with E-state index < -0.39 is 11.3 Å². The smallest absolute Gasteiger partial charge is 0.328 e. The third-order valence-corrected chi connectivity index (χ3v) is 5.25. The minimum Gasteiger partial charge on any atom is -0.375 e. The van der Waals surface area contributed by atoms with Gasteiger partial charge in [-0.3, -0.25) is 14.3 Å². The maximum Gasteiger partial charge on any atom is 0.328 e. The number of aromatic amines is 1. The maximum absolute atomic E-state index is 12.4. The van der Waals surface area contributed by atoms with Gasteiger partial charge in [0, 0.05) is 17.7 Å². The number of ether oxygens (including phenoxy) is 3. The summed E-state index contributed by atoms with van der Waals surface area (Å²) in [6.45, 7) is 14.9. The molecule has 0 bridgehead atoms. The number of nitrogens with zero attached hydrogens (tertiary/aromatic N) is 1. The molecule has 0 aromatic carbocycles. The fourth-order valence-corrected chi connectivity index (χ4v) is 4.14. The molecule has 1 aliphatic carbocycles. The third-order valence-electron chi connectivity index (χ3n) is 5.25. The molecule has 0 unspecified atom stereocenters. The SMILES string of the molecule is Cc1cn([C@@H]2C[C@H](COC(C)(C)C)[C@]3(OC(C)(C)C)CO[C@H]23)c(=O)[nH]c1=O. The number of aromatic nitrogens is 2. The van der Waals surface area contributed by atoms with Crippen LogP contribution in [0.5, 0.6) is 0 Å². The predicted octanol–water partition coefficient (Wildman–Crippen LogP) is 2.17. The van der Waals surface area contributed by atoms with Gasteiger partial charge in [-0.15, -0.1) is 0 Å². The summed E-state index contributed by atoms with van der Waals surface area (Å²) in [4.78, 5) is 26.6. The summed E-state index contributed by atoms with van der Waals surface area (Å²) in [7, 11) is 0. The van der Waals surface area contributed by atoms with Crippen molar-refractivity contribution in [3.8, 4) is 0 Å². The Bertz CT molecular complexity index is 813. The molecular formula is C20H32N2O5. The molecule has 1 aromatic rings. The lowest BCUT2D eigenvalue weighted by Gasteiger charge is -2.51. The first-order valence-electron chi connectivity index (χ1n) is 9.60. The Balaban J connectivity index is 1.96. The normalized spacial score (nSPS) is 30.9. The van der Waals surface area contributed by atoms with Gasteiger partial charge in [-0.25, -0.2) is 4.79 Å². The zero-order valence-corrected chi connectivity index (χ0v) is 17.4. The predicted molar refractivity (Wildman–Crippen MR) is 102 cm³/mol. The minimum atomic E-state index is -0.488. The van der Waals surface area contributed by atoms with Crippen molar-refractivity contribution in [1.29, 1.82) is 0 Å². The van der Waals surface area contributed by atoms with Crippen LogP contribution in [0.4, 0.5) is 0 Å². The lowest BCUT2D eigenvalue weighted by molar-refractivity contribution is -0.304.